The first-order valence-electron chi connectivity index (χ1n) is 13.1. The summed E-state index contributed by atoms with van der Waals surface area (Å²) in [5.41, 5.74) is 13.0. The number of aliphatic carboxylic acids is 1. The van der Waals surface area contributed by atoms with Crippen molar-refractivity contribution in [1.29, 1.82) is 0 Å². The smallest absolute Gasteiger partial charge is 0.326 e. The zero-order valence-electron chi connectivity index (χ0n) is 22.6. The number of hydrogen-bond donors (Lipinski definition) is 9. The van der Waals surface area contributed by atoms with Gasteiger partial charge in [0.1, 0.15) is 23.9 Å². The Balaban J connectivity index is 1.87. The molecule has 3 aromatic rings. The van der Waals surface area contributed by atoms with Crippen molar-refractivity contribution >= 4 is 53.1 Å². The number of H-pyrrole nitrogens is 1. The van der Waals surface area contributed by atoms with E-state index in [1.54, 1.807) is 6.20 Å². The van der Waals surface area contributed by atoms with Crippen molar-refractivity contribution in [3.8, 4) is 5.75 Å². The van der Waals surface area contributed by atoms with E-state index in [9.17, 15) is 34.2 Å². The Hall–Kier alpha value is -4.56. The number of carboxylic acids is 1. The number of aromatic hydroxyl groups is 1. The summed E-state index contributed by atoms with van der Waals surface area (Å²) in [5.74, 6) is -4.27. The van der Waals surface area contributed by atoms with E-state index in [0.29, 0.717) is 11.1 Å². The Morgan fingerprint density at radius 2 is 1.48 bits per heavy atom. The lowest BCUT2D eigenvalue weighted by Crippen LogP contribution is -2.58. The molecule has 42 heavy (non-hydrogen) atoms. The number of aromatic amines is 1. The number of phenols is 1. The third-order valence-electron chi connectivity index (χ3n) is 6.57. The summed E-state index contributed by atoms with van der Waals surface area (Å²) in [6.07, 6.45) is 1.17. The highest BCUT2D eigenvalue weighted by Gasteiger charge is 2.31. The van der Waals surface area contributed by atoms with Gasteiger partial charge in [-0.25, -0.2) is 4.79 Å². The van der Waals surface area contributed by atoms with E-state index in [2.05, 4.69) is 33.6 Å². The molecule has 4 unspecified atom stereocenters. The van der Waals surface area contributed by atoms with Gasteiger partial charge in [-0.15, -0.1) is 0 Å². The number of benzene rings is 2. The van der Waals surface area contributed by atoms with Crippen LogP contribution in [0.5, 0.6) is 5.75 Å². The van der Waals surface area contributed by atoms with Crippen LogP contribution in [0.4, 0.5) is 0 Å². The maximum atomic E-state index is 13.5. The van der Waals surface area contributed by atoms with Crippen molar-refractivity contribution in [2.75, 3.05) is 5.75 Å². The van der Waals surface area contributed by atoms with E-state index in [0.717, 1.165) is 10.9 Å². The molecule has 10 N–H and O–H groups in total. The number of primary amides is 1. The van der Waals surface area contributed by atoms with Gasteiger partial charge in [0.2, 0.25) is 23.6 Å². The predicted octanol–water partition coefficient (Wildman–Crippen LogP) is -0.280. The average molecular weight is 599 g/mol. The van der Waals surface area contributed by atoms with Crippen LogP contribution >= 0.6 is 12.6 Å². The largest absolute Gasteiger partial charge is 0.508 e. The van der Waals surface area contributed by atoms with Gasteiger partial charge in [0.25, 0.3) is 0 Å². The Kier molecular flexibility index (Phi) is 11.3. The van der Waals surface area contributed by atoms with Crippen LogP contribution in [0.15, 0.2) is 54.7 Å². The number of rotatable bonds is 15. The Morgan fingerprint density at radius 3 is 2.12 bits per heavy atom. The van der Waals surface area contributed by atoms with E-state index < -0.39 is 53.8 Å². The number of nitrogens with one attached hydrogen (secondary N) is 4. The van der Waals surface area contributed by atoms with Gasteiger partial charge < -0.3 is 42.6 Å². The third kappa shape index (κ3) is 8.97. The number of thiol groups is 1. The number of carbonyl (C=O) groups excluding carboxylic acids is 4. The van der Waals surface area contributed by atoms with Gasteiger partial charge in [-0.2, -0.15) is 12.6 Å². The minimum Gasteiger partial charge on any atom is -0.508 e. The number of phenolic OH excluding ortho intramolecular Hbond substituents is 1. The van der Waals surface area contributed by atoms with Crippen LogP contribution in [-0.4, -0.2) is 74.7 Å². The summed E-state index contributed by atoms with van der Waals surface area (Å²) in [4.78, 5) is 65.9. The second-order valence-corrected chi connectivity index (χ2v) is 10.1. The topological polar surface area (TPSA) is 230 Å². The van der Waals surface area contributed by atoms with Crippen molar-refractivity contribution in [1.82, 2.24) is 20.9 Å². The molecule has 3 rings (SSSR count). The van der Waals surface area contributed by atoms with Crippen LogP contribution in [0.3, 0.4) is 0 Å². The van der Waals surface area contributed by atoms with Crippen molar-refractivity contribution in [2.45, 2.75) is 49.9 Å². The molecular weight excluding hydrogens is 564 g/mol. The lowest BCUT2D eigenvalue weighted by molar-refractivity contribution is -0.142. The van der Waals surface area contributed by atoms with Crippen molar-refractivity contribution < 1.29 is 34.2 Å². The maximum absolute atomic E-state index is 13.5. The van der Waals surface area contributed by atoms with Crippen LogP contribution in [-0.2, 0) is 36.8 Å². The summed E-state index contributed by atoms with van der Waals surface area (Å²) in [6, 6.07) is 8.25. The molecule has 4 atom stereocenters. The molecule has 0 radical (unpaired) electrons. The molecule has 0 saturated carbocycles. The highest BCUT2D eigenvalue weighted by molar-refractivity contribution is 7.80. The molecule has 0 spiro atoms. The molecular formula is C28H34N6O7S. The SMILES string of the molecule is NC(=O)CCC(NC(=O)C(N)CS)C(=O)NC(Cc1c[nH]c2ccccc12)C(=O)NC(Cc1ccc(O)cc1)C(=O)O. The van der Waals surface area contributed by atoms with Gasteiger partial charge in [0.05, 0.1) is 6.04 Å². The number of para-hydroxylation sites is 1. The summed E-state index contributed by atoms with van der Waals surface area (Å²) in [5, 5.41) is 27.7. The molecule has 1 aromatic heterocycles. The van der Waals surface area contributed by atoms with Crippen LogP contribution in [0.1, 0.15) is 24.0 Å². The molecule has 1 heterocycles. The molecule has 0 fully saturated rings. The van der Waals surface area contributed by atoms with E-state index in [4.69, 9.17) is 11.5 Å². The molecule has 4 amide bonds. The molecule has 0 aliphatic carbocycles. The maximum Gasteiger partial charge on any atom is 0.326 e. The highest BCUT2D eigenvalue weighted by atomic mass is 32.1. The zero-order chi connectivity index (χ0) is 30.8. The summed E-state index contributed by atoms with van der Waals surface area (Å²) in [7, 11) is 0. The lowest BCUT2D eigenvalue weighted by Gasteiger charge is -2.25. The second-order valence-electron chi connectivity index (χ2n) is 9.75. The average Bonchev–Trinajstić information content (AvgIpc) is 3.37. The quantitative estimate of drug-likeness (QED) is 0.105. The normalized spacial score (nSPS) is 13.9. The number of carboxylic acid groups (broad SMARTS) is 1. The predicted molar refractivity (Wildman–Crippen MR) is 157 cm³/mol. The molecule has 0 bridgehead atoms. The molecule has 2 aromatic carbocycles. The number of fused-ring (bicyclic) bond motifs is 1. The van der Waals surface area contributed by atoms with Crippen LogP contribution < -0.4 is 27.4 Å². The zero-order valence-corrected chi connectivity index (χ0v) is 23.5. The minimum atomic E-state index is -1.36. The summed E-state index contributed by atoms with van der Waals surface area (Å²) >= 11 is 3.99. The van der Waals surface area contributed by atoms with Crippen molar-refractivity contribution in [3.63, 3.8) is 0 Å². The minimum absolute atomic E-state index is 0.000799. The van der Waals surface area contributed by atoms with E-state index in [1.807, 2.05) is 24.3 Å². The first-order valence-corrected chi connectivity index (χ1v) is 13.7. The van der Waals surface area contributed by atoms with Crippen LogP contribution in [0.2, 0.25) is 0 Å². The number of amides is 4. The first-order chi connectivity index (χ1) is 20.0. The molecule has 224 valence electrons. The molecule has 13 nitrogen and oxygen atoms in total. The Labute approximate surface area is 246 Å². The fourth-order valence-electron chi connectivity index (χ4n) is 4.26. The molecule has 0 aliphatic heterocycles. The van der Waals surface area contributed by atoms with Gasteiger partial charge in [0.15, 0.2) is 0 Å². The number of nitrogens with two attached hydrogens (primary N) is 2. The molecule has 0 aliphatic rings. The van der Waals surface area contributed by atoms with Gasteiger partial charge in [0, 0.05) is 42.1 Å². The summed E-state index contributed by atoms with van der Waals surface area (Å²) < 4.78 is 0. The fourth-order valence-corrected chi connectivity index (χ4v) is 4.43. The van der Waals surface area contributed by atoms with E-state index in [-0.39, 0.29) is 37.2 Å². The van der Waals surface area contributed by atoms with Crippen LogP contribution in [0, 0.1) is 0 Å². The molecule has 14 heteroatoms. The van der Waals surface area contributed by atoms with Gasteiger partial charge in [-0.1, -0.05) is 30.3 Å². The fraction of sp³-hybridized carbons (Fsp3) is 0.321. The summed E-state index contributed by atoms with van der Waals surface area (Å²) in [6.45, 7) is 0. The second kappa shape index (κ2) is 14.9. The lowest BCUT2D eigenvalue weighted by atomic mass is 10.0. The van der Waals surface area contributed by atoms with Crippen molar-refractivity contribution in [2.24, 2.45) is 11.5 Å². The van der Waals surface area contributed by atoms with Gasteiger partial charge >= 0.3 is 5.97 Å². The first kappa shape index (κ1) is 32.0. The Bertz CT molecular complexity index is 1430. The van der Waals surface area contributed by atoms with E-state index in [1.165, 1.54) is 24.3 Å². The monoisotopic (exact) mass is 598 g/mol. The third-order valence-corrected chi connectivity index (χ3v) is 6.96. The molecule has 0 saturated heterocycles. The van der Waals surface area contributed by atoms with Crippen molar-refractivity contribution in [3.05, 3.63) is 65.9 Å². The number of carbonyl (C=O) groups is 5. The number of hydrogen-bond acceptors (Lipinski definition) is 8. The van der Waals surface area contributed by atoms with Gasteiger partial charge in [-0.05, 0) is 35.7 Å². The Morgan fingerprint density at radius 1 is 0.857 bits per heavy atom. The van der Waals surface area contributed by atoms with Gasteiger partial charge in [-0.3, -0.25) is 19.2 Å². The number of aromatic nitrogens is 1. The standard InChI is InChI=1S/C28H34N6O7S/c29-19(14-42)25(37)32-21(9-10-24(30)36)26(38)33-22(12-16-13-31-20-4-2-1-3-18(16)20)27(39)34-23(28(40)41)11-15-5-7-17(35)8-6-15/h1-8,13,19,21-23,31,35,42H,9-12,14,29H2,(H2,30,36)(H,32,37)(H,33,38)(H,34,39)(H,40,41). The van der Waals surface area contributed by atoms with Crippen LogP contribution in [0.25, 0.3) is 10.9 Å². The highest BCUT2D eigenvalue weighted by Crippen LogP contribution is 2.20. The van der Waals surface area contributed by atoms with E-state index >= 15 is 0 Å².